The van der Waals surface area contributed by atoms with E-state index >= 15 is 0 Å². The van der Waals surface area contributed by atoms with Crippen molar-refractivity contribution >= 4 is 6.09 Å². The van der Waals surface area contributed by atoms with Gasteiger partial charge in [-0.2, -0.15) is 0 Å². The predicted octanol–water partition coefficient (Wildman–Crippen LogP) is 2.72. The van der Waals surface area contributed by atoms with Crippen LogP contribution in [0.15, 0.2) is 18.2 Å². The first-order valence-corrected chi connectivity index (χ1v) is 7.36. The predicted molar refractivity (Wildman–Crippen MR) is 81.5 cm³/mol. The Balaban J connectivity index is 2.31. The van der Waals surface area contributed by atoms with E-state index in [9.17, 15) is 9.18 Å². The van der Waals surface area contributed by atoms with E-state index in [0.29, 0.717) is 25.2 Å². The molecule has 1 unspecified atom stereocenters. The highest BCUT2D eigenvalue weighted by atomic mass is 19.1. The lowest BCUT2D eigenvalue weighted by Gasteiger charge is -2.37. The SMILES string of the molecule is COc1c(F)cccc1C1CNCCN1C(=O)OC(C)(C)C. The topological polar surface area (TPSA) is 50.8 Å². The van der Waals surface area contributed by atoms with Gasteiger partial charge >= 0.3 is 6.09 Å². The lowest BCUT2D eigenvalue weighted by atomic mass is 10.0. The van der Waals surface area contributed by atoms with Gasteiger partial charge in [0, 0.05) is 25.2 Å². The maximum Gasteiger partial charge on any atom is 0.410 e. The van der Waals surface area contributed by atoms with Crippen molar-refractivity contribution in [2.24, 2.45) is 0 Å². The van der Waals surface area contributed by atoms with Crippen LogP contribution in [0.5, 0.6) is 5.75 Å². The van der Waals surface area contributed by atoms with Crippen LogP contribution in [0.25, 0.3) is 0 Å². The molecule has 0 aliphatic carbocycles. The molecule has 1 aromatic carbocycles. The number of halogens is 1. The van der Waals surface area contributed by atoms with Gasteiger partial charge in [-0.1, -0.05) is 12.1 Å². The van der Waals surface area contributed by atoms with E-state index in [0.717, 1.165) is 0 Å². The van der Waals surface area contributed by atoms with Gasteiger partial charge in [0.1, 0.15) is 5.60 Å². The van der Waals surface area contributed by atoms with E-state index in [2.05, 4.69) is 5.32 Å². The Kier molecular flexibility index (Phi) is 4.90. The normalized spacial score (nSPS) is 19.0. The summed E-state index contributed by atoms with van der Waals surface area (Å²) in [4.78, 5) is 14.0. The number of nitrogens with one attached hydrogen (secondary N) is 1. The van der Waals surface area contributed by atoms with E-state index in [1.807, 2.05) is 20.8 Å². The van der Waals surface area contributed by atoms with Gasteiger partial charge < -0.3 is 14.8 Å². The highest BCUT2D eigenvalue weighted by Crippen LogP contribution is 2.33. The number of ether oxygens (including phenoxy) is 2. The van der Waals surface area contributed by atoms with Gasteiger partial charge in [0.15, 0.2) is 11.6 Å². The van der Waals surface area contributed by atoms with Gasteiger partial charge in [-0.05, 0) is 26.8 Å². The minimum atomic E-state index is -0.571. The first-order chi connectivity index (χ1) is 10.3. The molecule has 1 aliphatic rings. The summed E-state index contributed by atoms with van der Waals surface area (Å²) < 4.78 is 24.6. The number of carbonyl (C=O) groups excluding carboxylic acids is 1. The highest BCUT2D eigenvalue weighted by molar-refractivity contribution is 5.69. The molecule has 0 aromatic heterocycles. The van der Waals surface area contributed by atoms with Crippen molar-refractivity contribution in [2.45, 2.75) is 32.4 Å². The average molecular weight is 310 g/mol. The summed E-state index contributed by atoms with van der Waals surface area (Å²) in [6.45, 7) is 7.17. The first-order valence-electron chi connectivity index (χ1n) is 7.36. The molecule has 5 nitrogen and oxygen atoms in total. The number of nitrogens with zero attached hydrogens (tertiary/aromatic N) is 1. The second kappa shape index (κ2) is 6.52. The Bertz CT molecular complexity index is 543. The van der Waals surface area contributed by atoms with Gasteiger partial charge in [0.2, 0.25) is 0 Å². The Labute approximate surface area is 130 Å². The zero-order valence-corrected chi connectivity index (χ0v) is 13.5. The van der Waals surface area contributed by atoms with Crippen molar-refractivity contribution in [3.05, 3.63) is 29.6 Å². The molecule has 0 bridgehead atoms. The number of rotatable bonds is 2. The third kappa shape index (κ3) is 3.68. The minimum absolute atomic E-state index is 0.171. The molecule has 1 aromatic rings. The summed E-state index contributed by atoms with van der Waals surface area (Å²) in [5.74, 6) is -0.264. The highest BCUT2D eigenvalue weighted by Gasteiger charge is 2.33. The second-order valence-corrected chi connectivity index (χ2v) is 6.26. The standard InChI is InChI=1S/C16H23FN2O3/c1-16(2,3)22-15(20)19-9-8-18-10-13(19)11-6-5-7-12(17)14(11)21-4/h5-7,13,18H,8-10H2,1-4H3. The molecule has 122 valence electrons. The zero-order chi connectivity index (χ0) is 16.3. The molecular formula is C16H23FN2O3. The summed E-state index contributed by atoms with van der Waals surface area (Å²) in [6.07, 6.45) is -0.398. The molecule has 1 aliphatic heterocycles. The number of piperazine rings is 1. The largest absolute Gasteiger partial charge is 0.493 e. The fraction of sp³-hybridized carbons (Fsp3) is 0.562. The van der Waals surface area contributed by atoms with E-state index in [4.69, 9.17) is 9.47 Å². The van der Waals surface area contributed by atoms with Crippen molar-refractivity contribution in [3.63, 3.8) is 0 Å². The Morgan fingerprint density at radius 1 is 1.41 bits per heavy atom. The van der Waals surface area contributed by atoms with Crippen molar-refractivity contribution < 1.29 is 18.7 Å². The molecule has 22 heavy (non-hydrogen) atoms. The molecule has 0 saturated carbocycles. The van der Waals surface area contributed by atoms with Crippen LogP contribution in [-0.2, 0) is 4.74 Å². The average Bonchev–Trinajstić information content (AvgIpc) is 2.45. The molecule has 2 rings (SSSR count). The molecule has 1 fully saturated rings. The summed E-state index contributed by atoms with van der Waals surface area (Å²) in [5, 5.41) is 3.22. The quantitative estimate of drug-likeness (QED) is 0.912. The van der Waals surface area contributed by atoms with Crippen molar-refractivity contribution in [3.8, 4) is 5.75 Å². The Morgan fingerprint density at radius 2 is 2.14 bits per heavy atom. The van der Waals surface area contributed by atoms with Crippen LogP contribution in [-0.4, -0.2) is 43.3 Å². The summed E-state index contributed by atoms with van der Waals surface area (Å²) in [7, 11) is 1.43. The van der Waals surface area contributed by atoms with Gasteiger partial charge in [0.05, 0.1) is 13.2 Å². The molecule has 1 heterocycles. The number of benzene rings is 1. The van der Waals surface area contributed by atoms with Gasteiger partial charge in [0.25, 0.3) is 0 Å². The second-order valence-electron chi connectivity index (χ2n) is 6.26. The first kappa shape index (κ1) is 16.5. The van der Waals surface area contributed by atoms with Crippen molar-refractivity contribution in [1.29, 1.82) is 0 Å². The number of methoxy groups -OCH3 is 1. The lowest BCUT2D eigenvalue weighted by Crippen LogP contribution is -2.50. The third-order valence-corrected chi connectivity index (χ3v) is 3.43. The molecule has 0 spiro atoms. The van der Waals surface area contributed by atoms with E-state index < -0.39 is 17.5 Å². The number of para-hydroxylation sites is 1. The van der Waals surface area contributed by atoms with Gasteiger partial charge in [-0.15, -0.1) is 0 Å². The molecule has 1 saturated heterocycles. The monoisotopic (exact) mass is 310 g/mol. The van der Waals surface area contributed by atoms with Crippen LogP contribution in [0.4, 0.5) is 9.18 Å². The minimum Gasteiger partial charge on any atom is -0.493 e. The smallest absolute Gasteiger partial charge is 0.410 e. The van der Waals surface area contributed by atoms with Gasteiger partial charge in [-0.25, -0.2) is 9.18 Å². The van der Waals surface area contributed by atoms with Crippen molar-refractivity contribution in [1.82, 2.24) is 10.2 Å². The summed E-state index contributed by atoms with van der Waals surface area (Å²) in [5.41, 5.74) is 0.0685. The van der Waals surface area contributed by atoms with Crippen LogP contribution in [0.2, 0.25) is 0 Å². The number of amides is 1. The summed E-state index contributed by atoms with van der Waals surface area (Å²) in [6, 6.07) is 4.41. The van der Waals surface area contributed by atoms with E-state index in [-0.39, 0.29) is 11.8 Å². The van der Waals surface area contributed by atoms with Crippen LogP contribution in [0.1, 0.15) is 32.4 Å². The van der Waals surface area contributed by atoms with Crippen LogP contribution < -0.4 is 10.1 Å². The summed E-state index contributed by atoms with van der Waals surface area (Å²) >= 11 is 0. The molecule has 6 heteroatoms. The third-order valence-electron chi connectivity index (χ3n) is 3.43. The number of hydrogen-bond donors (Lipinski definition) is 1. The Morgan fingerprint density at radius 3 is 2.77 bits per heavy atom. The van der Waals surface area contributed by atoms with Gasteiger partial charge in [-0.3, -0.25) is 4.90 Å². The fourth-order valence-corrected chi connectivity index (χ4v) is 2.52. The number of hydrogen-bond acceptors (Lipinski definition) is 4. The Hall–Kier alpha value is -1.82. The van der Waals surface area contributed by atoms with Crippen LogP contribution in [0.3, 0.4) is 0 Å². The molecular weight excluding hydrogens is 287 g/mol. The van der Waals surface area contributed by atoms with E-state index in [1.54, 1.807) is 17.0 Å². The van der Waals surface area contributed by atoms with Crippen LogP contribution in [0, 0.1) is 5.82 Å². The van der Waals surface area contributed by atoms with Crippen LogP contribution >= 0.6 is 0 Å². The molecule has 0 radical (unpaired) electrons. The molecule has 1 N–H and O–H groups in total. The van der Waals surface area contributed by atoms with Crippen molar-refractivity contribution in [2.75, 3.05) is 26.7 Å². The fourth-order valence-electron chi connectivity index (χ4n) is 2.52. The molecule has 1 amide bonds. The maximum atomic E-state index is 13.9. The number of carbonyl (C=O) groups is 1. The lowest BCUT2D eigenvalue weighted by molar-refractivity contribution is 0.0115. The molecule has 1 atom stereocenters. The maximum absolute atomic E-state index is 13.9. The van der Waals surface area contributed by atoms with E-state index in [1.165, 1.54) is 13.2 Å². The zero-order valence-electron chi connectivity index (χ0n) is 13.5.